The van der Waals surface area contributed by atoms with Crippen LogP contribution in [-0.4, -0.2) is 108 Å². The van der Waals surface area contributed by atoms with Crippen molar-refractivity contribution in [2.24, 2.45) is 35.0 Å². The summed E-state index contributed by atoms with van der Waals surface area (Å²) in [6.45, 7) is -0.465. The molecule has 5 aliphatic carbocycles. The zero-order chi connectivity index (χ0) is 44.4. The standard InChI is InChI=1S/C51H56N2O10S2/c1-52-39-23-65-64-22-27-17-29-8-7-28-14-15-48(49(28,29)35-10-9-30(55)19-31(27)35)44(57)34(39)20-33-36-11-13-40(56)51(60)50(36,59)46(62-45(33)48)43(63-51)47(58)61-42-38(21-54)53-37-12-6-26-16-24-4-2-3-5-25(24)18-32(26)41(37)42/h2-6,9-10,12,16,18-19,27-29,33-34,36,39-40,43-46,52-57,59-60H,7-8,11,13-15,17,20-23H2,1H3/t27-,28+,29+,33+,34-,36-,39-,40-,43-,44+,45+,46+,48+,49-,50-,51+/m1/s1. The van der Waals surface area contributed by atoms with Crippen molar-refractivity contribution in [3.05, 3.63) is 83.6 Å². The molecule has 1 aromatic heterocycles. The van der Waals surface area contributed by atoms with Gasteiger partial charge in [-0.05, 0) is 145 Å². The molecule has 3 saturated heterocycles. The van der Waals surface area contributed by atoms with Gasteiger partial charge in [0.25, 0.3) is 0 Å². The third-order valence-corrected chi connectivity index (χ3v) is 21.1. The molecule has 14 heteroatoms. The van der Waals surface area contributed by atoms with Crippen molar-refractivity contribution >= 4 is 60.0 Å². The number of aromatic amines is 1. The highest BCUT2D eigenvalue weighted by atomic mass is 33.1. The Morgan fingerprint density at radius 1 is 0.892 bits per heavy atom. The number of fused-ring (bicyclic) bond motifs is 10. The first-order valence-corrected chi connectivity index (χ1v) is 26.1. The summed E-state index contributed by atoms with van der Waals surface area (Å²) in [6, 6.07) is 21.8. The first-order chi connectivity index (χ1) is 31.5. The van der Waals surface area contributed by atoms with E-state index in [-0.39, 0.29) is 59.2 Å². The van der Waals surface area contributed by atoms with Gasteiger partial charge in [0, 0.05) is 40.2 Å². The molecular weight excluding hydrogens is 865 g/mol. The van der Waals surface area contributed by atoms with Gasteiger partial charge in [-0.15, -0.1) is 0 Å². The fourth-order valence-corrected chi connectivity index (χ4v) is 19.0. The van der Waals surface area contributed by atoms with Crippen LogP contribution in [0.15, 0.2) is 66.7 Å². The van der Waals surface area contributed by atoms with Gasteiger partial charge in [0.2, 0.25) is 5.79 Å². The number of hydrogen-bond acceptors (Lipinski definition) is 13. The Morgan fingerprint density at radius 3 is 2.51 bits per heavy atom. The van der Waals surface area contributed by atoms with Crippen LogP contribution in [-0.2, 0) is 26.3 Å². The van der Waals surface area contributed by atoms with E-state index < -0.39 is 71.2 Å². The van der Waals surface area contributed by atoms with E-state index in [0.717, 1.165) is 64.3 Å². The largest absolute Gasteiger partial charge is 0.508 e. The molecule has 4 saturated carbocycles. The van der Waals surface area contributed by atoms with Gasteiger partial charge in [-0.3, -0.25) is 0 Å². The number of phenols is 1. The number of aliphatic hydroxyl groups excluding tert-OH is 3. The number of aromatic nitrogens is 1. The average molecular weight is 921 g/mol. The van der Waals surface area contributed by atoms with Crippen LogP contribution in [0.5, 0.6) is 11.5 Å². The van der Waals surface area contributed by atoms with Gasteiger partial charge in [-0.25, -0.2) is 4.79 Å². The number of aliphatic hydroxyl groups is 5. The molecule has 4 bridgehead atoms. The molecule has 14 rings (SSSR count). The fraction of sp³-hybridized carbons (Fsp3) is 0.549. The van der Waals surface area contributed by atoms with Gasteiger partial charge >= 0.3 is 5.97 Å². The van der Waals surface area contributed by atoms with Crippen LogP contribution in [0.2, 0.25) is 0 Å². The molecule has 8 N–H and O–H groups in total. The molecule has 12 nitrogen and oxygen atoms in total. The number of ether oxygens (including phenoxy) is 3. The minimum atomic E-state index is -2.57. The normalized spacial score (nSPS) is 42.6. The van der Waals surface area contributed by atoms with Crippen LogP contribution in [0.3, 0.4) is 0 Å². The number of H-pyrrole nitrogens is 1. The molecule has 4 aromatic carbocycles. The average Bonchev–Trinajstić information content (AvgIpc) is 4.03. The molecular formula is C51H56N2O10S2. The third-order valence-electron chi connectivity index (χ3n) is 18.6. The molecule has 342 valence electrons. The van der Waals surface area contributed by atoms with Crippen molar-refractivity contribution in [1.82, 2.24) is 10.3 Å². The van der Waals surface area contributed by atoms with Gasteiger partial charge in [0.05, 0.1) is 35.4 Å². The molecule has 0 radical (unpaired) electrons. The number of carbonyl (C=O) groups excluding carboxylic acids is 1. The minimum absolute atomic E-state index is 0.0678. The fourth-order valence-electron chi connectivity index (χ4n) is 16.3. The molecule has 5 aromatic rings. The van der Waals surface area contributed by atoms with E-state index in [1.807, 2.05) is 77.2 Å². The first kappa shape index (κ1) is 41.8. The Morgan fingerprint density at radius 2 is 1.69 bits per heavy atom. The Balaban J connectivity index is 0.976. The highest BCUT2D eigenvalue weighted by Crippen LogP contribution is 2.77. The van der Waals surface area contributed by atoms with Gasteiger partial charge in [0.1, 0.15) is 18.0 Å². The number of phenolic OH excluding ortho intramolecular Hbond substituents is 1. The van der Waals surface area contributed by atoms with Crippen molar-refractivity contribution in [3.63, 3.8) is 0 Å². The molecule has 0 amide bonds. The summed E-state index contributed by atoms with van der Waals surface area (Å²) >= 11 is 0. The Labute approximate surface area is 384 Å². The number of benzene rings is 4. The molecule has 4 aliphatic heterocycles. The maximum absolute atomic E-state index is 15.1. The van der Waals surface area contributed by atoms with Gasteiger partial charge in [0.15, 0.2) is 17.5 Å². The minimum Gasteiger partial charge on any atom is -0.508 e. The summed E-state index contributed by atoms with van der Waals surface area (Å²) in [5, 5.41) is 81.2. The molecule has 0 unspecified atom stereocenters. The van der Waals surface area contributed by atoms with E-state index in [4.69, 9.17) is 14.2 Å². The van der Waals surface area contributed by atoms with E-state index in [1.165, 1.54) is 5.56 Å². The highest BCUT2D eigenvalue weighted by molar-refractivity contribution is 8.76. The lowest BCUT2D eigenvalue weighted by atomic mass is 9.41. The second-order valence-corrected chi connectivity index (χ2v) is 23.3. The van der Waals surface area contributed by atoms with Crippen LogP contribution in [0.1, 0.15) is 74.1 Å². The quantitative estimate of drug-likeness (QED) is 0.0583. The maximum atomic E-state index is 15.1. The van der Waals surface area contributed by atoms with E-state index in [9.17, 15) is 30.6 Å². The number of carbonyl (C=O) groups is 1. The summed E-state index contributed by atoms with van der Waals surface area (Å²) in [4.78, 5) is 18.4. The molecule has 2 spiro atoms. The van der Waals surface area contributed by atoms with Gasteiger partial charge < -0.3 is 55.2 Å². The number of aromatic hydroxyl groups is 1. The lowest BCUT2D eigenvalue weighted by Gasteiger charge is -2.68. The molecule has 9 aliphatic rings. The summed E-state index contributed by atoms with van der Waals surface area (Å²) in [6.07, 6.45) is -0.699. The highest BCUT2D eigenvalue weighted by Gasteiger charge is 2.83. The zero-order valence-electron chi connectivity index (χ0n) is 36.2. The number of esters is 1. The monoisotopic (exact) mass is 920 g/mol. The first-order valence-electron chi connectivity index (χ1n) is 23.7. The summed E-state index contributed by atoms with van der Waals surface area (Å²) in [5.74, 6) is -2.07. The molecule has 7 fully saturated rings. The van der Waals surface area contributed by atoms with Crippen molar-refractivity contribution < 1.29 is 49.6 Å². The van der Waals surface area contributed by atoms with Crippen LogP contribution >= 0.6 is 21.6 Å². The second-order valence-electron chi connectivity index (χ2n) is 20.8. The Bertz CT molecular complexity index is 2790. The summed E-state index contributed by atoms with van der Waals surface area (Å²) < 4.78 is 20.3. The SMILES string of the molecule is CN[C@@H]1CSSC[C@H]2C[C@@H]3CC[C@H]4CC[C@@]5([C@@H](O)[C@@H]1C[C@H]1[C@H]6CC[C@@H](O)[C@]7(O)O[C@@H](C(=O)Oc8c(CO)[nH]c9ccc%10cc%11ccccc%11cc%10c89)[C@H](O[C@@H]15)[C@]67O)[C@]43c1ccc(O)cc12. The van der Waals surface area contributed by atoms with E-state index in [2.05, 4.69) is 22.4 Å². The second kappa shape index (κ2) is 14.6. The third kappa shape index (κ3) is 5.22. The van der Waals surface area contributed by atoms with E-state index >= 15 is 4.79 Å². The van der Waals surface area contributed by atoms with Crippen LogP contribution in [0, 0.1) is 35.0 Å². The van der Waals surface area contributed by atoms with Crippen LogP contribution < -0.4 is 10.1 Å². The lowest BCUT2D eigenvalue weighted by Crippen LogP contribution is -2.78. The Kier molecular flexibility index (Phi) is 9.35. The smallest absolute Gasteiger partial charge is 0.343 e. The Hall–Kier alpha value is -3.41. The predicted molar refractivity (Wildman–Crippen MR) is 247 cm³/mol. The van der Waals surface area contributed by atoms with Crippen LogP contribution in [0.25, 0.3) is 32.4 Å². The number of hydrogen-bond donors (Lipinski definition) is 8. The molecule has 16 atom stereocenters. The predicted octanol–water partition coefficient (Wildman–Crippen LogP) is 6.15. The number of rotatable bonds is 4. The number of nitrogens with one attached hydrogen (secondary N) is 2. The zero-order valence-corrected chi connectivity index (χ0v) is 37.8. The maximum Gasteiger partial charge on any atom is 0.343 e. The summed E-state index contributed by atoms with van der Waals surface area (Å²) in [7, 11) is 5.63. The lowest BCUT2D eigenvalue weighted by molar-refractivity contribution is -0.372. The van der Waals surface area contributed by atoms with Gasteiger partial charge in [-0.2, -0.15) is 0 Å². The van der Waals surface area contributed by atoms with E-state index in [1.54, 1.807) is 6.07 Å². The van der Waals surface area contributed by atoms with E-state index in [0.29, 0.717) is 30.2 Å². The summed E-state index contributed by atoms with van der Waals surface area (Å²) in [5.41, 5.74) is -0.348. The van der Waals surface area contributed by atoms with Crippen molar-refractivity contribution in [2.45, 2.75) is 117 Å². The topological polar surface area (TPSA) is 194 Å². The molecule has 5 heterocycles. The van der Waals surface area contributed by atoms with Gasteiger partial charge in [-0.1, -0.05) is 58.0 Å². The molecule has 65 heavy (non-hydrogen) atoms. The van der Waals surface area contributed by atoms with Crippen molar-refractivity contribution in [1.29, 1.82) is 0 Å². The van der Waals surface area contributed by atoms with Crippen molar-refractivity contribution in [3.8, 4) is 11.5 Å². The van der Waals surface area contributed by atoms with Crippen molar-refractivity contribution in [2.75, 3.05) is 18.6 Å². The van der Waals surface area contributed by atoms with Crippen LogP contribution in [0.4, 0.5) is 0 Å².